The van der Waals surface area contributed by atoms with Gasteiger partial charge in [-0.15, -0.1) is 0 Å². The lowest BCUT2D eigenvalue weighted by Crippen LogP contribution is -2.50. The van der Waals surface area contributed by atoms with E-state index >= 15 is 0 Å². The quantitative estimate of drug-likeness (QED) is 0.690. The van der Waals surface area contributed by atoms with Crippen LogP contribution in [0.4, 0.5) is 0 Å². The molecule has 0 aliphatic rings. The van der Waals surface area contributed by atoms with Crippen LogP contribution in [0.1, 0.15) is 26.7 Å². The Morgan fingerprint density at radius 2 is 1.92 bits per heavy atom. The molecule has 1 aromatic carbocycles. The SMILES string of the molecule is CC(C)[C@H](NC(=O)CCCn1c(=O)[nH]c2ccccc2c1=O)C(=O)[O-]. The number of aromatic amines is 1. The van der Waals surface area contributed by atoms with Crippen LogP contribution >= 0.6 is 0 Å². The molecule has 0 saturated carbocycles. The van der Waals surface area contributed by atoms with Crippen molar-refractivity contribution in [1.29, 1.82) is 0 Å². The van der Waals surface area contributed by atoms with Crippen molar-refractivity contribution < 1.29 is 14.7 Å². The summed E-state index contributed by atoms with van der Waals surface area (Å²) in [6.45, 7) is 3.38. The van der Waals surface area contributed by atoms with Crippen molar-refractivity contribution in [2.45, 2.75) is 39.3 Å². The number of aliphatic carboxylic acids is 1. The monoisotopic (exact) mass is 346 g/mol. The molecule has 25 heavy (non-hydrogen) atoms. The molecule has 0 fully saturated rings. The summed E-state index contributed by atoms with van der Waals surface area (Å²) in [7, 11) is 0. The fourth-order valence-electron chi connectivity index (χ4n) is 2.54. The summed E-state index contributed by atoms with van der Waals surface area (Å²) < 4.78 is 1.04. The van der Waals surface area contributed by atoms with Crippen LogP contribution in [0.25, 0.3) is 10.9 Å². The van der Waals surface area contributed by atoms with Crippen molar-refractivity contribution in [2.24, 2.45) is 5.92 Å². The number of amides is 1. The number of aromatic nitrogens is 2. The number of benzene rings is 1. The molecule has 0 saturated heterocycles. The molecule has 1 atom stereocenters. The van der Waals surface area contributed by atoms with E-state index in [1.807, 2.05) is 0 Å². The maximum absolute atomic E-state index is 12.3. The van der Waals surface area contributed by atoms with E-state index in [1.54, 1.807) is 38.1 Å². The van der Waals surface area contributed by atoms with Crippen molar-refractivity contribution in [3.63, 3.8) is 0 Å². The molecule has 1 heterocycles. The van der Waals surface area contributed by atoms with Gasteiger partial charge in [-0.2, -0.15) is 0 Å². The molecular formula is C17H20N3O5-. The van der Waals surface area contributed by atoms with Gasteiger partial charge in [-0.1, -0.05) is 26.0 Å². The molecule has 8 heteroatoms. The summed E-state index contributed by atoms with van der Waals surface area (Å²) in [4.78, 5) is 49.8. The van der Waals surface area contributed by atoms with Crippen LogP contribution in [0.3, 0.4) is 0 Å². The van der Waals surface area contributed by atoms with Crippen LogP contribution in [0.2, 0.25) is 0 Å². The third kappa shape index (κ3) is 4.34. The third-order valence-corrected chi connectivity index (χ3v) is 3.91. The summed E-state index contributed by atoms with van der Waals surface area (Å²) in [6, 6.07) is 5.60. The Labute approximate surface area is 143 Å². The second-order valence-corrected chi connectivity index (χ2v) is 6.14. The van der Waals surface area contributed by atoms with E-state index in [4.69, 9.17) is 0 Å². The number of carbonyl (C=O) groups is 2. The van der Waals surface area contributed by atoms with Crippen LogP contribution in [0, 0.1) is 5.92 Å². The molecule has 0 unspecified atom stereocenters. The number of rotatable bonds is 7. The average molecular weight is 346 g/mol. The highest BCUT2D eigenvalue weighted by molar-refractivity contribution is 5.82. The second-order valence-electron chi connectivity index (χ2n) is 6.14. The van der Waals surface area contributed by atoms with Gasteiger partial charge in [0.25, 0.3) is 5.56 Å². The molecule has 1 amide bonds. The van der Waals surface area contributed by atoms with E-state index < -0.39 is 29.2 Å². The van der Waals surface area contributed by atoms with Gasteiger partial charge in [0.1, 0.15) is 0 Å². The first-order valence-electron chi connectivity index (χ1n) is 8.03. The number of carboxylic acid groups (broad SMARTS) is 1. The van der Waals surface area contributed by atoms with Gasteiger partial charge >= 0.3 is 5.69 Å². The van der Waals surface area contributed by atoms with E-state index in [1.165, 1.54) is 0 Å². The van der Waals surface area contributed by atoms with E-state index in [2.05, 4.69) is 10.3 Å². The number of carbonyl (C=O) groups excluding carboxylic acids is 2. The Bertz CT molecular complexity index is 897. The summed E-state index contributed by atoms with van der Waals surface area (Å²) in [5.74, 6) is -2.11. The van der Waals surface area contributed by atoms with Crippen LogP contribution in [0.15, 0.2) is 33.9 Å². The highest BCUT2D eigenvalue weighted by atomic mass is 16.4. The first kappa shape index (κ1) is 18.4. The lowest BCUT2D eigenvalue weighted by atomic mass is 10.0. The maximum Gasteiger partial charge on any atom is 0.328 e. The fraction of sp³-hybridized carbons (Fsp3) is 0.412. The minimum atomic E-state index is -1.34. The Morgan fingerprint density at radius 3 is 2.56 bits per heavy atom. The van der Waals surface area contributed by atoms with Gasteiger partial charge in [-0.05, 0) is 24.5 Å². The van der Waals surface area contributed by atoms with E-state index in [9.17, 15) is 24.3 Å². The van der Waals surface area contributed by atoms with Gasteiger partial charge in [0.15, 0.2) is 0 Å². The normalized spacial score (nSPS) is 12.3. The lowest BCUT2D eigenvalue weighted by Gasteiger charge is -2.23. The van der Waals surface area contributed by atoms with Crippen LogP contribution in [-0.4, -0.2) is 27.5 Å². The molecule has 0 radical (unpaired) electrons. The van der Waals surface area contributed by atoms with Crippen LogP contribution in [-0.2, 0) is 16.1 Å². The Hall–Kier alpha value is -2.90. The number of carboxylic acids is 1. The maximum atomic E-state index is 12.3. The largest absolute Gasteiger partial charge is 0.548 e. The molecule has 0 spiro atoms. The first-order valence-corrected chi connectivity index (χ1v) is 8.03. The summed E-state index contributed by atoms with van der Waals surface area (Å²) in [5, 5.41) is 13.7. The molecule has 2 aromatic rings. The number of nitrogens with one attached hydrogen (secondary N) is 2. The minimum absolute atomic E-state index is 0.00476. The van der Waals surface area contributed by atoms with Crippen LogP contribution < -0.4 is 21.7 Å². The zero-order valence-electron chi connectivity index (χ0n) is 14.1. The number of hydrogen-bond acceptors (Lipinski definition) is 5. The van der Waals surface area contributed by atoms with E-state index in [0.717, 1.165) is 4.57 Å². The molecule has 0 bridgehead atoms. The van der Waals surface area contributed by atoms with Crippen LogP contribution in [0.5, 0.6) is 0 Å². The van der Waals surface area contributed by atoms with Gasteiger partial charge in [0.2, 0.25) is 5.91 Å². The number of fused-ring (bicyclic) bond motifs is 1. The number of hydrogen-bond donors (Lipinski definition) is 2. The van der Waals surface area contributed by atoms with Crippen molar-refractivity contribution in [1.82, 2.24) is 14.9 Å². The fourth-order valence-corrected chi connectivity index (χ4v) is 2.54. The van der Waals surface area contributed by atoms with E-state index in [0.29, 0.717) is 10.9 Å². The zero-order chi connectivity index (χ0) is 18.6. The van der Waals surface area contributed by atoms with Gasteiger partial charge in [-0.3, -0.25) is 14.2 Å². The molecule has 134 valence electrons. The minimum Gasteiger partial charge on any atom is -0.548 e. The summed E-state index contributed by atoms with van der Waals surface area (Å²) in [6.07, 6.45) is 0.222. The van der Waals surface area contributed by atoms with Gasteiger partial charge in [0, 0.05) is 13.0 Å². The molecular weight excluding hydrogens is 326 g/mol. The highest BCUT2D eigenvalue weighted by Crippen LogP contribution is 2.04. The molecule has 2 N–H and O–H groups in total. The van der Waals surface area contributed by atoms with Crippen molar-refractivity contribution in [3.05, 3.63) is 45.1 Å². The van der Waals surface area contributed by atoms with Crippen molar-refractivity contribution >= 4 is 22.8 Å². The Balaban J connectivity index is 2.04. The predicted octanol–water partition coefficient (Wildman–Crippen LogP) is -0.639. The van der Waals surface area contributed by atoms with Gasteiger partial charge < -0.3 is 20.2 Å². The van der Waals surface area contributed by atoms with Crippen molar-refractivity contribution in [3.8, 4) is 0 Å². The highest BCUT2D eigenvalue weighted by Gasteiger charge is 2.17. The number of H-pyrrole nitrogens is 1. The Morgan fingerprint density at radius 1 is 1.24 bits per heavy atom. The summed E-state index contributed by atoms with van der Waals surface area (Å²) >= 11 is 0. The average Bonchev–Trinajstić information content (AvgIpc) is 2.55. The molecule has 1 aromatic heterocycles. The zero-order valence-corrected chi connectivity index (χ0v) is 14.1. The molecule has 8 nitrogen and oxygen atoms in total. The third-order valence-electron chi connectivity index (χ3n) is 3.91. The predicted molar refractivity (Wildman–Crippen MR) is 89.8 cm³/mol. The van der Waals surface area contributed by atoms with Gasteiger partial charge in [-0.25, -0.2) is 4.79 Å². The lowest BCUT2D eigenvalue weighted by molar-refractivity contribution is -0.309. The summed E-state index contributed by atoms with van der Waals surface area (Å²) in [5.41, 5.74) is -0.506. The van der Waals surface area contributed by atoms with Crippen molar-refractivity contribution in [2.75, 3.05) is 0 Å². The molecule has 2 rings (SSSR count). The smallest absolute Gasteiger partial charge is 0.328 e. The number of nitrogens with zero attached hydrogens (tertiary/aromatic N) is 1. The standard InChI is InChI=1S/C17H21N3O5/c1-10(2)14(16(23)24)19-13(21)8-5-9-20-15(22)11-6-3-4-7-12(11)18-17(20)25/h3-4,6-7,10,14H,5,8-9H2,1-2H3,(H,18,25)(H,19,21)(H,23,24)/p-1/t14-/m0/s1. The number of para-hydroxylation sites is 1. The second kappa shape index (κ2) is 7.78. The topological polar surface area (TPSA) is 124 Å². The van der Waals surface area contributed by atoms with E-state index in [-0.39, 0.29) is 25.3 Å². The first-order chi connectivity index (χ1) is 11.8. The molecule has 0 aliphatic heterocycles. The van der Waals surface area contributed by atoms with Gasteiger partial charge in [0.05, 0.1) is 22.9 Å². The molecule has 0 aliphatic carbocycles. The Kier molecular flexibility index (Phi) is 5.74.